The van der Waals surface area contributed by atoms with Crippen molar-refractivity contribution in [2.45, 2.75) is 33.4 Å². The lowest BCUT2D eigenvalue weighted by Gasteiger charge is -2.15. The van der Waals surface area contributed by atoms with Gasteiger partial charge in [-0.05, 0) is 42.3 Å². The second-order valence-corrected chi connectivity index (χ2v) is 5.37. The van der Waals surface area contributed by atoms with Crippen molar-refractivity contribution < 1.29 is 5.11 Å². The van der Waals surface area contributed by atoms with E-state index in [1.54, 1.807) is 6.20 Å². The number of benzene rings is 1. The topological polar surface area (TPSA) is 38.0 Å². The van der Waals surface area contributed by atoms with Crippen molar-refractivity contribution in [3.8, 4) is 0 Å². The second kappa shape index (κ2) is 5.24. The van der Waals surface area contributed by atoms with Gasteiger partial charge < -0.3 is 5.11 Å². The maximum absolute atomic E-state index is 10.5. The van der Waals surface area contributed by atoms with Crippen LogP contribution < -0.4 is 0 Å². The summed E-state index contributed by atoms with van der Waals surface area (Å²) >= 11 is 3.45. The molecule has 0 aliphatic heterocycles. The minimum Gasteiger partial charge on any atom is -0.382 e. The van der Waals surface area contributed by atoms with Crippen LogP contribution in [0.15, 0.2) is 28.9 Å². The van der Waals surface area contributed by atoms with Crippen molar-refractivity contribution in [2.24, 2.45) is 0 Å². The molecule has 1 atom stereocenters. The Kier molecular flexibility index (Phi) is 3.88. The molecular formula is C14H17BrN2O. The first-order chi connectivity index (χ1) is 8.52. The van der Waals surface area contributed by atoms with Crippen LogP contribution in [-0.2, 0) is 6.54 Å². The number of aryl methyl sites for hydroxylation is 3. The molecule has 0 aliphatic rings. The molecule has 1 aromatic heterocycles. The standard InChI is InChI=1S/C14H17BrN2O/c1-4-17-13(12(15)8-16-17)14(18)11-6-9(2)5-10(3)7-11/h5-8,14,18H,4H2,1-3H3. The van der Waals surface area contributed by atoms with Gasteiger partial charge in [0.25, 0.3) is 0 Å². The average Bonchev–Trinajstić information content (AvgIpc) is 2.68. The molecule has 0 fully saturated rings. The Balaban J connectivity index is 2.47. The summed E-state index contributed by atoms with van der Waals surface area (Å²) in [7, 11) is 0. The van der Waals surface area contributed by atoms with Crippen LogP contribution in [-0.4, -0.2) is 14.9 Å². The molecule has 0 saturated heterocycles. The van der Waals surface area contributed by atoms with Crippen LogP contribution >= 0.6 is 15.9 Å². The Bertz CT molecular complexity index is 543. The Morgan fingerprint density at radius 2 is 1.89 bits per heavy atom. The molecule has 1 unspecified atom stereocenters. The fourth-order valence-corrected chi connectivity index (χ4v) is 2.73. The van der Waals surface area contributed by atoms with Gasteiger partial charge in [-0.25, -0.2) is 0 Å². The second-order valence-electron chi connectivity index (χ2n) is 4.52. The van der Waals surface area contributed by atoms with E-state index in [9.17, 15) is 5.11 Å². The highest BCUT2D eigenvalue weighted by atomic mass is 79.9. The van der Waals surface area contributed by atoms with Gasteiger partial charge in [0, 0.05) is 6.54 Å². The third kappa shape index (κ3) is 2.49. The molecule has 0 bridgehead atoms. The van der Waals surface area contributed by atoms with Gasteiger partial charge in [-0.2, -0.15) is 5.10 Å². The smallest absolute Gasteiger partial charge is 0.122 e. The number of aliphatic hydroxyl groups is 1. The normalized spacial score (nSPS) is 12.7. The van der Waals surface area contributed by atoms with Gasteiger partial charge in [-0.1, -0.05) is 29.3 Å². The van der Waals surface area contributed by atoms with Gasteiger partial charge >= 0.3 is 0 Å². The van der Waals surface area contributed by atoms with Crippen molar-refractivity contribution in [2.75, 3.05) is 0 Å². The summed E-state index contributed by atoms with van der Waals surface area (Å²) in [6.45, 7) is 6.82. The number of halogens is 1. The molecule has 4 heteroatoms. The Morgan fingerprint density at radius 3 is 2.44 bits per heavy atom. The predicted octanol–water partition coefficient (Wildman–Crippen LogP) is 3.36. The number of rotatable bonds is 3. The van der Waals surface area contributed by atoms with E-state index in [1.807, 2.05) is 37.6 Å². The fourth-order valence-electron chi connectivity index (χ4n) is 2.22. The number of hydrogen-bond donors (Lipinski definition) is 1. The van der Waals surface area contributed by atoms with Crippen molar-refractivity contribution in [3.05, 3.63) is 51.3 Å². The Labute approximate surface area is 116 Å². The van der Waals surface area contributed by atoms with Gasteiger partial charge in [-0.3, -0.25) is 4.68 Å². The molecule has 0 saturated carbocycles. The lowest BCUT2D eigenvalue weighted by molar-refractivity contribution is 0.207. The maximum Gasteiger partial charge on any atom is 0.122 e. The number of aromatic nitrogens is 2. The molecule has 18 heavy (non-hydrogen) atoms. The van der Waals surface area contributed by atoms with E-state index in [2.05, 4.69) is 27.1 Å². The van der Waals surface area contributed by atoms with Gasteiger partial charge in [0.15, 0.2) is 0 Å². The van der Waals surface area contributed by atoms with Crippen LogP contribution in [0.3, 0.4) is 0 Å². The lowest BCUT2D eigenvalue weighted by Crippen LogP contribution is -2.10. The molecule has 3 nitrogen and oxygen atoms in total. The SMILES string of the molecule is CCn1ncc(Br)c1C(O)c1cc(C)cc(C)c1. The van der Waals surface area contributed by atoms with Gasteiger partial charge in [0.05, 0.1) is 16.4 Å². The van der Waals surface area contributed by atoms with Crippen LogP contribution in [0, 0.1) is 13.8 Å². The number of nitrogens with zero attached hydrogens (tertiary/aromatic N) is 2. The fraction of sp³-hybridized carbons (Fsp3) is 0.357. The van der Waals surface area contributed by atoms with Crippen molar-refractivity contribution in [3.63, 3.8) is 0 Å². The molecule has 2 aromatic rings. The predicted molar refractivity (Wildman–Crippen MR) is 75.6 cm³/mol. The molecule has 96 valence electrons. The number of aliphatic hydroxyl groups excluding tert-OH is 1. The summed E-state index contributed by atoms with van der Waals surface area (Å²) in [4.78, 5) is 0. The van der Waals surface area contributed by atoms with E-state index in [0.29, 0.717) is 0 Å². The summed E-state index contributed by atoms with van der Waals surface area (Å²) in [6.07, 6.45) is 1.07. The summed E-state index contributed by atoms with van der Waals surface area (Å²) in [5, 5.41) is 14.8. The minimum atomic E-state index is -0.652. The average molecular weight is 309 g/mol. The summed E-state index contributed by atoms with van der Waals surface area (Å²) < 4.78 is 2.66. The summed E-state index contributed by atoms with van der Waals surface area (Å²) in [6, 6.07) is 6.12. The zero-order valence-electron chi connectivity index (χ0n) is 10.8. The Morgan fingerprint density at radius 1 is 1.28 bits per heavy atom. The van der Waals surface area contributed by atoms with E-state index in [4.69, 9.17) is 0 Å². The third-order valence-electron chi connectivity index (χ3n) is 2.95. The van der Waals surface area contributed by atoms with Crippen LogP contribution in [0.5, 0.6) is 0 Å². The monoisotopic (exact) mass is 308 g/mol. The van der Waals surface area contributed by atoms with Crippen LogP contribution in [0.4, 0.5) is 0 Å². The first-order valence-corrected chi connectivity index (χ1v) is 6.79. The Hall–Kier alpha value is -1.13. The minimum absolute atomic E-state index is 0.652. The largest absolute Gasteiger partial charge is 0.382 e. The molecule has 1 heterocycles. The van der Waals surface area contributed by atoms with Crippen molar-refractivity contribution in [1.82, 2.24) is 9.78 Å². The molecule has 0 spiro atoms. The molecule has 1 aromatic carbocycles. The van der Waals surface area contributed by atoms with E-state index in [1.165, 1.54) is 0 Å². The highest BCUT2D eigenvalue weighted by molar-refractivity contribution is 9.10. The van der Waals surface area contributed by atoms with Crippen molar-refractivity contribution in [1.29, 1.82) is 0 Å². The number of hydrogen-bond acceptors (Lipinski definition) is 2. The first-order valence-electron chi connectivity index (χ1n) is 6.00. The van der Waals surface area contributed by atoms with Gasteiger partial charge in [0.2, 0.25) is 0 Å². The molecule has 1 N–H and O–H groups in total. The van der Waals surface area contributed by atoms with E-state index in [0.717, 1.165) is 33.4 Å². The van der Waals surface area contributed by atoms with Crippen LogP contribution in [0.2, 0.25) is 0 Å². The molecular weight excluding hydrogens is 292 g/mol. The van der Waals surface area contributed by atoms with Gasteiger partial charge in [0.1, 0.15) is 6.10 Å². The summed E-state index contributed by atoms with van der Waals surface area (Å²) in [5.41, 5.74) is 4.02. The zero-order valence-corrected chi connectivity index (χ0v) is 12.4. The molecule has 0 aliphatic carbocycles. The summed E-state index contributed by atoms with van der Waals surface area (Å²) in [5.74, 6) is 0. The quantitative estimate of drug-likeness (QED) is 0.944. The lowest BCUT2D eigenvalue weighted by atomic mass is 10.0. The maximum atomic E-state index is 10.5. The zero-order chi connectivity index (χ0) is 13.3. The molecule has 0 amide bonds. The van der Waals surface area contributed by atoms with Crippen molar-refractivity contribution >= 4 is 15.9 Å². The van der Waals surface area contributed by atoms with Crippen LogP contribution in [0.25, 0.3) is 0 Å². The van der Waals surface area contributed by atoms with Crippen LogP contribution in [0.1, 0.15) is 35.4 Å². The van der Waals surface area contributed by atoms with E-state index < -0.39 is 6.10 Å². The van der Waals surface area contributed by atoms with E-state index in [-0.39, 0.29) is 0 Å². The molecule has 2 rings (SSSR count). The third-order valence-corrected chi connectivity index (χ3v) is 3.56. The highest BCUT2D eigenvalue weighted by Gasteiger charge is 2.19. The van der Waals surface area contributed by atoms with E-state index >= 15 is 0 Å². The van der Waals surface area contributed by atoms with Gasteiger partial charge in [-0.15, -0.1) is 0 Å². The first kappa shape index (κ1) is 13.3. The molecule has 0 radical (unpaired) electrons. The highest BCUT2D eigenvalue weighted by Crippen LogP contribution is 2.29.